The van der Waals surface area contributed by atoms with Gasteiger partial charge >= 0.3 is 0 Å². The molecule has 0 atom stereocenters. The second-order valence-electron chi connectivity index (χ2n) is 7.70. The Morgan fingerprint density at radius 2 is 1.83 bits per heavy atom. The van der Waals surface area contributed by atoms with Crippen molar-refractivity contribution in [3.8, 4) is 34.1 Å². The van der Waals surface area contributed by atoms with Crippen molar-refractivity contribution in [3.63, 3.8) is 0 Å². The number of ether oxygens (including phenoxy) is 2. The Hall–Kier alpha value is -4.14. The third kappa shape index (κ3) is 4.95. The monoisotopic (exact) mass is 518 g/mol. The van der Waals surface area contributed by atoms with E-state index in [1.807, 2.05) is 35.7 Å². The van der Waals surface area contributed by atoms with E-state index in [1.165, 1.54) is 17.4 Å². The first-order valence-electron chi connectivity index (χ1n) is 10.9. The molecule has 3 aromatic carbocycles. The second-order valence-corrected chi connectivity index (χ2v) is 8.99. The zero-order valence-corrected chi connectivity index (χ0v) is 20.6. The van der Waals surface area contributed by atoms with Crippen LogP contribution in [0.4, 0.5) is 5.13 Å². The molecule has 0 saturated heterocycles. The lowest BCUT2D eigenvalue weighted by atomic mass is 10.1. The highest BCUT2D eigenvalue weighted by atomic mass is 35.5. The van der Waals surface area contributed by atoms with E-state index in [9.17, 15) is 9.59 Å². The first kappa shape index (κ1) is 23.6. The predicted octanol–water partition coefficient (Wildman–Crippen LogP) is 6.26. The van der Waals surface area contributed by atoms with Crippen LogP contribution in [0.15, 0.2) is 87.4 Å². The van der Waals surface area contributed by atoms with Crippen molar-refractivity contribution in [1.82, 2.24) is 4.98 Å². The van der Waals surface area contributed by atoms with Crippen molar-refractivity contribution in [3.05, 3.63) is 93.4 Å². The van der Waals surface area contributed by atoms with Crippen LogP contribution in [0.1, 0.15) is 0 Å². The van der Waals surface area contributed by atoms with Gasteiger partial charge in [-0.2, -0.15) is 0 Å². The third-order valence-electron chi connectivity index (χ3n) is 5.33. The van der Waals surface area contributed by atoms with Crippen molar-refractivity contribution in [2.24, 2.45) is 0 Å². The number of hydrogen-bond acceptors (Lipinski definition) is 7. The molecule has 9 heteroatoms. The Labute approximate surface area is 214 Å². The fourth-order valence-corrected chi connectivity index (χ4v) is 4.49. The molecule has 5 aromatic rings. The summed E-state index contributed by atoms with van der Waals surface area (Å²) in [4.78, 5) is 30.4. The molecule has 0 radical (unpaired) electrons. The van der Waals surface area contributed by atoms with Crippen molar-refractivity contribution in [1.29, 1.82) is 0 Å². The van der Waals surface area contributed by atoms with Crippen LogP contribution in [0.2, 0.25) is 5.02 Å². The van der Waals surface area contributed by atoms with Crippen LogP contribution in [0.5, 0.6) is 11.5 Å². The summed E-state index contributed by atoms with van der Waals surface area (Å²) in [6.45, 7) is -0.416. The average Bonchev–Trinajstić information content (AvgIpc) is 3.37. The number of methoxy groups -OCH3 is 1. The number of hydrogen-bond donors (Lipinski definition) is 1. The number of nitrogens with zero attached hydrogens (tertiary/aromatic N) is 1. The number of amides is 1. The Bertz CT molecular complexity index is 1600. The summed E-state index contributed by atoms with van der Waals surface area (Å²) >= 11 is 7.39. The molecule has 5 rings (SSSR count). The van der Waals surface area contributed by atoms with Gasteiger partial charge in [0, 0.05) is 21.5 Å². The highest BCUT2D eigenvalue weighted by Crippen LogP contribution is 2.33. The number of aromatic nitrogens is 1. The van der Waals surface area contributed by atoms with Gasteiger partial charge in [0.05, 0.1) is 18.2 Å². The van der Waals surface area contributed by atoms with Crippen molar-refractivity contribution >= 4 is 44.9 Å². The number of fused-ring (bicyclic) bond motifs is 1. The molecule has 0 saturated carbocycles. The Morgan fingerprint density at radius 3 is 2.58 bits per heavy atom. The number of nitrogens with one attached hydrogen (secondary N) is 1. The summed E-state index contributed by atoms with van der Waals surface area (Å²) in [5, 5.41) is 5.63. The number of rotatable bonds is 7. The maximum atomic E-state index is 13.3. The molecule has 0 fully saturated rings. The van der Waals surface area contributed by atoms with E-state index in [1.54, 1.807) is 43.5 Å². The fraction of sp³-hybridized carbons (Fsp3) is 0.0741. The Balaban J connectivity index is 1.41. The summed E-state index contributed by atoms with van der Waals surface area (Å²) in [5.74, 6) is 0.296. The van der Waals surface area contributed by atoms with Crippen LogP contribution in [-0.4, -0.2) is 24.6 Å². The summed E-state index contributed by atoms with van der Waals surface area (Å²) in [5.41, 5.74) is 2.21. The molecular weight excluding hydrogens is 500 g/mol. The summed E-state index contributed by atoms with van der Waals surface area (Å²) < 4.78 is 17.0. The van der Waals surface area contributed by atoms with Crippen molar-refractivity contribution < 1.29 is 18.7 Å². The van der Waals surface area contributed by atoms with Crippen molar-refractivity contribution in [2.75, 3.05) is 19.0 Å². The van der Waals surface area contributed by atoms with Gasteiger partial charge in [0.2, 0.25) is 11.2 Å². The summed E-state index contributed by atoms with van der Waals surface area (Å²) in [7, 11) is 1.56. The molecule has 1 N–H and O–H groups in total. The summed E-state index contributed by atoms with van der Waals surface area (Å²) in [6.07, 6.45) is 0. The van der Waals surface area contributed by atoms with Gasteiger partial charge in [-0.15, -0.1) is 11.3 Å². The standard InChI is InChI=1S/C27H19ClN2O5S/c1-33-19-10-7-17(8-11-19)25-26(24(32)20-13-18(28)9-12-22(20)35-25)34-14-23(31)30-27-29-21(15-36-27)16-5-3-2-4-6-16/h2-13,15H,14H2,1H3,(H,29,30,31). The predicted molar refractivity (Wildman–Crippen MR) is 141 cm³/mol. The maximum Gasteiger partial charge on any atom is 0.264 e. The zero-order valence-electron chi connectivity index (χ0n) is 19.0. The van der Waals surface area contributed by atoms with E-state index in [0.717, 1.165) is 11.3 Å². The van der Waals surface area contributed by atoms with Gasteiger partial charge in [-0.25, -0.2) is 4.98 Å². The molecule has 36 heavy (non-hydrogen) atoms. The van der Waals surface area contributed by atoms with E-state index in [0.29, 0.717) is 27.1 Å². The lowest BCUT2D eigenvalue weighted by molar-refractivity contribution is -0.118. The van der Waals surface area contributed by atoms with Crippen LogP contribution < -0.4 is 20.2 Å². The quantitative estimate of drug-likeness (QED) is 0.273. The third-order valence-corrected chi connectivity index (χ3v) is 6.32. The largest absolute Gasteiger partial charge is 0.497 e. The normalized spacial score (nSPS) is 10.8. The molecule has 7 nitrogen and oxygen atoms in total. The van der Waals surface area contributed by atoms with Gasteiger partial charge in [-0.1, -0.05) is 41.9 Å². The second kappa shape index (κ2) is 10.2. The first-order chi connectivity index (χ1) is 17.5. The lowest BCUT2D eigenvalue weighted by Crippen LogP contribution is -2.22. The van der Waals surface area contributed by atoms with Crippen molar-refractivity contribution in [2.45, 2.75) is 0 Å². The van der Waals surface area contributed by atoms with E-state index in [-0.39, 0.29) is 16.9 Å². The van der Waals surface area contributed by atoms with E-state index in [2.05, 4.69) is 10.3 Å². The van der Waals surface area contributed by atoms with Crippen LogP contribution in [0.3, 0.4) is 0 Å². The molecule has 0 unspecified atom stereocenters. The zero-order chi connectivity index (χ0) is 25.1. The first-order valence-corrected chi connectivity index (χ1v) is 12.1. The average molecular weight is 519 g/mol. The van der Waals surface area contributed by atoms with Gasteiger partial charge in [0.1, 0.15) is 11.3 Å². The van der Waals surface area contributed by atoms with Gasteiger partial charge in [0.25, 0.3) is 5.91 Å². The molecule has 2 heterocycles. The van der Waals surface area contributed by atoms with Gasteiger partial charge in [0.15, 0.2) is 17.5 Å². The minimum Gasteiger partial charge on any atom is -0.497 e. The number of halogens is 1. The lowest BCUT2D eigenvalue weighted by Gasteiger charge is -2.12. The minimum atomic E-state index is -0.463. The molecule has 0 aliphatic rings. The molecular formula is C27H19ClN2O5S. The Kier molecular flexibility index (Phi) is 6.71. The maximum absolute atomic E-state index is 13.3. The molecule has 0 bridgehead atoms. The number of carbonyl (C=O) groups excluding carboxylic acids is 1. The molecule has 0 aliphatic heterocycles. The SMILES string of the molecule is COc1ccc(-c2oc3ccc(Cl)cc3c(=O)c2OCC(=O)Nc2nc(-c3ccccc3)cs2)cc1. The molecule has 1 amide bonds. The molecule has 0 aliphatic carbocycles. The van der Waals surface area contributed by atoms with Crippen LogP contribution in [0, 0.1) is 0 Å². The minimum absolute atomic E-state index is 0.0887. The van der Waals surface area contributed by atoms with Crippen LogP contribution in [-0.2, 0) is 4.79 Å². The number of thiazole rings is 1. The van der Waals surface area contributed by atoms with E-state index >= 15 is 0 Å². The number of anilines is 1. The highest BCUT2D eigenvalue weighted by molar-refractivity contribution is 7.14. The number of carbonyl (C=O) groups is 1. The van der Waals surface area contributed by atoms with Gasteiger partial charge in [-0.05, 0) is 42.5 Å². The van der Waals surface area contributed by atoms with Crippen LogP contribution >= 0.6 is 22.9 Å². The van der Waals surface area contributed by atoms with Gasteiger partial charge in [-0.3, -0.25) is 14.9 Å². The van der Waals surface area contributed by atoms with Crippen LogP contribution in [0.25, 0.3) is 33.6 Å². The highest BCUT2D eigenvalue weighted by Gasteiger charge is 2.20. The number of benzene rings is 3. The molecule has 2 aromatic heterocycles. The Morgan fingerprint density at radius 1 is 1.06 bits per heavy atom. The molecule has 180 valence electrons. The smallest absolute Gasteiger partial charge is 0.264 e. The van der Waals surface area contributed by atoms with Gasteiger partial charge < -0.3 is 13.9 Å². The topological polar surface area (TPSA) is 90.7 Å². The summed E-state index contributed by atoms with van der Waals surface area (Å²) in [6, 6.07) is 21.4. The van der Waals surface area contributed by atoms with E-state index in [4.69, 9.17) is 25.5 Å². The molecule has 0 spiro atoms. The fourth-order valence-electron chi connectivity index (χ4n) is 3.58. The van der Waals surface area contributed by atoms with E-state index < -0.39 is 17.9 Å².